The van der Waals surface area contributed by atoms with Crippen LogP contribution in [-0.4, -0.2) is 71.2 Å². The summed E-state index contributed by atoms with van der Waals surface area (Å²) in [6.07, 6.45) is 1.18. The van der Waals surface area contributed by atoms with Gasteiger partial charge in [0.1, 0.15) is 10.7 Å². The minimum Gasteiger partial charge on any atom is -0.339 e. The highest BCUT2D eigenvalue weighted by Gasteiger charge is 2.28. The highest BCUT2D eigenvalue weighted by Crippen LogP contribution is 2.31. The number of aromatic nitrogens is 2. The number of carbonyl (C=O) groups excluding carboxylic acids is 1. The van der Waals surface area contributed by atoms with Gasteiger partial charge in [0.05, 0.1) is 22.6 Å². The van der Waals surface area contributed by atoms with Crippen LogP contribution >= 0.6 is 23.1 Å². The van der Waals surface area contributed by atoms with Crippen LogP contribution < -0.4 is 5.56 Å². The standard InChI is InChI=1S/C21H24N4O4S3/c1-14(21(27)24-8-10-25(11-9-24)32(2,28)29)30-13-17-22-19(26)18-16(12-31-20(18)23-17)15-6-4-3-5-7-15/h3-7,12,14H,8-11,13H2,1-2H3,(H,22,23,26). The van der Waals surface area contributed by atoms with Crippen LogP contribution in [0.15, 0.2) is 40.5 Å². The van der Waals surface area contributed by atoms with Crippen LogP contribution in [0.2, 0.25) is 0 Å². The summed E-state index contributed by atoms with van der Waals surface area (Å²) in [5.74, 6) is 0.907. The lowest BCUT2D eigenvalue weighted by Crippen LogP contribution is -2.51. The number of nitrogens with one attached hydrogen (secondary N) is 1. The molecule has 1 aromatic carbocycles. The van der Waals surface area contributed by atoms with Crippen molar-refractivity contribution in [3.63, 3.8) is 0 Å². The quantitative estimate of drug-likeness (QED) is 0.567. The third-order valence-electron chi connectivity index (χ3n) is 5.41. The van der Waals surface area contributed by atoms with Gasteiger partial charge in [0, 0.05) is 37.1 Å². The number of aromatic amines is 1. The van der Waals surface area contributed by atoms with Crippen LogP contribution in [0.3, 0.4) is 0 Å². The average molecular weight is 493 g/mol. The predicted octanol–water partition coefficient (Wildman–Crippen LogP) is 2.38. The van der Waals surface area contributed by atoms with Gasteiger partial charge in [0.2, 0.25) is 15.9 Å². The smallest absolute Gasteiger partial charge is 0.260 e. The van der Waals surface area contributed by atoms with Gasteiger partial charge in [-0.25, -0.2) is 13.4 Å². The Morgan fingerprint density at radius 2 is 1.91 bits per heavy atom. The number of thiophene rings is 1. The fourth-order valence-electron chi connectivity index (χ4n) is 3.66. The molecule has 0 bridgehead atoms. The number of sulfonamides is 1. The van der Waals surface area contributed by atoms with Crippen molar-refractivity contribution >= 4 is 49.2 Å². The minimum atomic E-state index is -3.23. The van der Waals surface area contributed by atoms with Crippen LogP contribution in [0.1, 0.15) is 12.7 Å². The minimum absolute atomic E-state index is 0.0333. The second kappa shape index (κ2) is 9.34. The van der Waals surface area contributed by atoms with E-state index in [4.69, 9.17) is 0 Å². The molecule has 11 heteroatoms. The summed E-state index contributed by atoms with van der Waals surface area (Å²) in [6.45, 7) is 3.22. The van der Waals surface area contributed by atoms with E-state index in [2.05, 4.69) is 9.97 Å². The molecule has 1 amide bonds. The monoisotopic (exact) mass is 492 g/mol. The molecule has 3 aromatic rings. The van der Waals surface area contributed by atoms with E-state index >= 15 is 0 Å². The van der Waals surface area contributed by atoms with Gasteiger partial charge < -0.3 is 9.88 Å². The van der Waals surface area contributed by atoms with Gasteiger partial charge in [-0.2, -0.15) is 4.31 Å². The molecule has 0 saturated carbocycles. The molecule has 3 heterocycles. The maximum atomic E-state index is 12.8. The van der Waals surface area contributed by atoms with E-state index in [-0.39, 0.29) is 16.7 Å². The third kappa shape index (κ3) is 4.90. The lowest BCUT2D eigenvalue weighted by molar-refractivity contribution is -0.131. The summed E-state index contributed by atoms with van der Waals surface area (Å²) in [4.78, 5) is 35.4. The molecule has 1 fully saturated rings. The zero-order chi connectivity index (χ0) is 22.9. The van der Waals surface area contributed by atoms with Gasteiger partial charge in [-0.1, -0.05) is 30.3 Å². The number of H-pyrrole nitrogens is 1. The van der Waals surface area contributed by atoms with Crippen molar-refractivity contribution in [2.24, 2.45) is 0 Å². The number of hydrogen-bond donors (Lipinski definition) is 1. The molecule has 1 atom stereocenters. The van der Waals surface area contributed by atoms with Crippen LogP contribution in [0.25, 0.3) is 21.3 Å². The van der Waals surface area contributed by atoms with E-state index in [0.29, 0.717) is 48.0 Å². The molecular weight excluding hydrogens is 468 g/mol. The number of piperazine rings is 1. The molecule has 0 radical (unpaired) electrons. The first-order valence-corrected chi connectivity index (χ1v) is 13.9. The Morgan fingerprint density at radius 1 is 1.22 bits per heavy atom. The fourth-order valence-corrected chi connectivity index (χ4v) is 6.29. The zero-order valence-corrected chi connectivity index (χ0v) is 20.2. The van der Waals surface area contributed by atoms with Crippen molar-refractivity contribution in [1.29, 1.82) is 0 Å². The summed E-state index contributed by atoms with van der Waals surface area (Å²) in [6, 6.07) is 9.74. The Labute approximate surface area is 194 Å². The summed E-state index contributed by atoms with van der Waals surface area (Å²) in [7, 11) is -3.23. The molecule has 1 aliphatic rings. The summed E-state index contributed by atoms with van der Waals surface area (Å²) in [5, 5.41) is 2.20. The van der Waals surface area contributed by atoms with Crippen molar-refractivity contribution in [2.75, 3.05) is 32.4 Å². The molecule has 1 N–H and O–H groups in total. The number of nitrogens with zero attached hydrogens (tertiary/aromatic N) is 3. The van der Waals surface area contributed by atoms with Gasteiger partial charge in [-0.15, -0.1) is 23.1 Å². The number of thioether (sulfide) groups is 1. The van der Waals surface area contributed by atoms with Crippen LogP contribution in [0.5, 0.6) is 0 Å². The molecule has 1 unspecified atom stereocenters. The molecular formula is C21H24N4O4S3. The highest BCUT2D eigenvalue weighted by molar-refractivity contribution is 7.99. The van der Waals surface area contributed by atoms with Crippen LogP contribution in [0.4, 0.5) is 0 Å². The Bertz CT molecular complexity index is 1280. The number of amides is 1. The van der Waals surface area contributed by atoms with Crippen LogP contribution in [0, 0.1) is 0 Å². The number of hydrogen-bond acceptors (Lipinski definition) is 7. The van der Waals surface area contributed by atoms with Crippen molar-refractivity contribution in [1.82, 2.24) is 19.2 Å². The van der Waals surface area contributed by atoms with Gasteiger partial charge >= 0.3 is 0 Å². The largest absolute Gasteiger partial charge is 0.339 e. The Morgan fingerprint density at radius 3 is 2.56 bits per heavy atom. The maximum Gasteiger partial charge on any atom is 0.260 e. The maximum absolute atomic E-state index is 12.8. The highest BCUT2D eigenvalue weighted by atomic mass is 32.2. The number of fused-ring (bicyclic) bond motifs is 1. The second-order valence-corrected chi connectivity index (χ2v) is 11.8. The topological polar surface area (TPSA) is 103 Å². The normalized spacial score (nSPS) is 16.4. The van der Waals surface area contributed by atoms with Crippen molar-refractivity contribution in [3.05, 3.63) is 51.9 Å². The van der Waals surface area contributed by atoms with Crippen molar-refractivity contribution in [3.8, 4) is 11.1 Å². The summed E-state index contributed by atoms with van der Waals surface area (Å²) >= 11 is 2.84. The molecule has 0 spiro atoms. The third-order valence-corrected chi connectivity index (χ3v) is 8.73. The second-order valence-electron chi connectivity index (χ2n) is 7.65. The Balaban J connectivity index is 1.41. The average Bonchev–Trinajstić information content (AvgIpc) is 3.22. The van der Waals surface area contributed by atoms with Gasteiger partial charge in [-0.05, 0) is 12.5 Å². The SMILES string of the molecule is CC(SCc1nc2scc(-c3ccccc3)c2c(=O)[nH]1)C(=O)N1CCN(S(C)(=O)=O)CC1. The molecule has 0 aliphatic carbocycles. The van der Waals surface area contributed by atoms with Gasteiger partial charge in [0.25, 0.3) is 5.56 Å². The summed E-state index contributed by atoms with van der Waals surface area (Å²) in [5.41, 5.74) is 1.67. The molecule has 4 rings (SSSR count). The van der Waals surface area contributed by atoms with E-state index in [1.165, 1.54) is 33.7 Å². The molecule has 32 heavy (non-hydrogen) atoms. The first kappa shape index (κ1) is 23.0. The first-order chi connectivity index (χ1) is 15.2. The van der Waals surface area contributed by atoms with Gasteiger partial charge in [0.15, 0.2) is 0 Å². The molecule has 8 nitrogen and oxygen atoms in total. The Hall–Kier alpha value is -2.21. The lowest BCUT2D eigenvalue weighted by atomic mass is 10.1. The summed E-state index contributed by atoms with van der Waals surface area (Å²) < 4.78 is 24.7. The predicted molar refractivity (Wildman–Crippen MR) is 129 cm³/mol. The number of carbonyl (C=O) groups is 1. The number of rotatable bonds is 6. The first-order valence-electron chi connectivity index (χ1n) is 10.2. The molecule has 2 aromatic heterocycles. The number of benzene rings is 1. The van der Waals surface area contributed by atoms with Gasteiger partial charge in [-0.3, -0.25) is 9.59 Å². The van der Waals surface area contributed by atoms with E-state index in [0.717, 1.165) is 11.1 Å². The molecule has 1 saturated heterocycles. The van der Waals surface area contributed by atoms with E-state index in [9.17, 15) is 18.0 Å². The van der Waals surface area contributed by atoms with E-state index < -0.39 is 10.0 Å². The van der Waals surface area contributed by atoms with E-state index in [1.54, 1.807) is 4.90 Å². The van der Waals surface area contributed by atoms with Crippen molar-refractivity contribution in [2.45, 2.75) is 17.9 Å². The van der Waals surface area contributed by atoms with Crippen LogP contribution in [-0.2, 0) is 20.6 Å². The fraction of sp³-hybridized carbons (Fsp3) is 0.381. The van der Waals surface area contributed by atoms with E-state index in [1.807, 2.05) is 42.6 Å². The molecule has 1 aliphatic heterocycles. The lowest BCUT2D eigenvalue weighted by Gasteiger charge is -2.34. The zero-order valence-electron chi connectivity index (χ0n) is 17.8. The molecule has 170 valence electrons. The Kier molecular flexibility index (Phi) is 6.70. The van der Waals surface area contributed by atoms with Crippen molar-refractivity contribution < 1.29 is 13.2 Å².